The third-order valence-corrected chi connectivity index (χ3v) is 2.94. The summed E-state index contributed by atoms with van der Waals surface area (Å²) < 4.78 is 6.06. The van der Waals surface area contributed by atoms with Gasteiger partial charge in [-0.2, -0.15) is 0 Å². The van der Waals surface area contributed by atoms with Crippen LogP contribution in [0.5, 0.6) is 5.75 Å². The number of benzene rings is 2. The number of hydrogen-bond donors (Lipinski definition) is 1. The number of ether oxygens (including phenoxy) is 1. The Morgan fingerprint density at radius 3 is 2.44 bits per heavy atom. The topological polar surface area (TPSA) is 35.2 Å². The van der Waals surface area contributed by atoms with Crippen molar-refractivity contribution in [3.05, 3.63) is 58.1 Å². The van der Waals surface area contributed by atoms with Crippen LogP contribution in [0.3, 0.4) is 0 Å². The van der Waals surface area contributed by atoms with Gasteiger partial charge in [-0.25, -0.2) is 0 Å². The molecule has 0 radical (unpaired) electrons. The molecule has 0 aliphatic rings. The number of nitrogens with two attached hydrogens (primary N) is 1. The van der Waals surface area contributed by atoms with Gasteiger partial charge in [0.15, 0.2) is 0 Å². The standard InChI is InChI=1S/C15H12BrNO/c1-18-14-7-3-11(4-8-14)2-5-12-10-13(16)6-9-15(12)17/h3-4,6-10H,17H2,1H3. The van der Waals surface area contributed by atoms with Gasteiger partial charge >= 0.3 is 0 Å². The largest absolute Gasteiger partial charge is 0.497 e. The Kier molecular flexibility index (Phi) is 3.91. The van der Waals surface area contributed by atoms with E-state index in [2.05, 4.69) is 27.8 Å². The van der Waals surface area contributed by atoms with Crippen molar-refractivity contribution in [3.63, 3.8) is 0 Å². The molecular weight excluding hydrogens is 290 g/mol. The molecular formula is C15H12BrNO. The molecule has 0 aliphatic heterocycles. The summed E-state index contributed by atoms with van der Waals surface area (Å²) in [5.41, 5.74) is 8.28. The fraction of sp³-hybridized carbons (Fsp3) is 0.0667. The zero-order valence-corrected chi connectivity index (χ0v) is 11.5. The van der Waals surface area contributed by atoms with Gasteiger partial charge in [-0.05, 0) is 42.5 Å². The molecule has 2 N–H and O–H groups in total. The molecule has 90 valence electrons. The van der Waals surface area contributed by atoms with Gasteiger partial charge in [0.25, 0.3) is 0 Å². The van der Waals surface area contributed by atoms with Crippen LogP contribution in [-0.2, 0) is 0 Å². The van der Waals surface area contributed by atoms with Gasteiger partial charge in [0.2, 0.25) is 0 Å². The smallest absolute Gasteiger partial charge is 0.118 e. The highest BCUT2D eigenvalue weighted by Crippen LogP contribution is 2.17. The highest BCUT2D eigenvalue weighted by molar-refractivity contribution is 9.10. The van der Waals surface area contributed by atoms with Gasteiger partial charge in [-0.1, -0.05) is 27.8 Å². The second kappa shape index (κ2) is 5.61. The molecule has 0 atom stereocenters. The normalized spacial score (nSPS) is 9.44. The molecule has 18 heavy (non-hydrogen) atoms. The predicted octanol–water partition coefficient (Wildman–Crippen LogP) is 3.44. The summed E-state index contributed by atoms with van der Waals surface area (Å²) in [7, 11) is 1.64. The Morgan fingerprint density at radius 2 is 1.78 bits per heavy atom. The number of rotatable bonds is 1. The highest BCUT2D eigenvalue weighted by Gasteiger charge is 1.96. The maximum Gasteiger partial charge on any atom is 0.118 e. The van der Waals surface area contributed by atoms with Crippen molar-refractivity contribution in [3.8, 4) is 17.6 Å². The van der Waals surface area contributed by atoms with Gasteiger partial charge in [-0.15, -0.1) is 0 Å². The average molecular weight is 302 g/mol. The summed E-state index contributed by atoms with van der Waals surface area (Å²) in [6, 6.07) is 13.2. The Morgan fingerprint density at radius 1 is 1.06 bits per heavy atom. The van der Waals surface area contributed by atoms with Crippen LogP contribution in [0.25, 0.3) is 0 Å². The van der Waals surface area contributed by atoms with Crippen molar-refractivity contribution in [2.24, 2.45) is 0 Å². The molecule has 0 saturated carbocycles. The first-order valence-electron chi connectivity index (χ1n) is 5.40. The average Bonchev–Trinajstić information content (AvgIpc) is 2.40. The molecule has 2 aromatic carbocycles. The zero-order chi connectivity index (χ0) is 13.0. The maximum absolute atomic E-state index is 5.86. The van der Waals surface area contributed by atoms with Crippen molar-refractivity contribution in [2.45, 2.75) is 0 Å². The van der Waals surface area contributed by atoms with Gasteiger partial charge < -0.3 is 10.5 Å². The summed E-state index contributed by atoms with van der Waals surface area (Å²) in [5, 5.41) is 0. The first-order valence-corrected chi connectivity index (χ1v) is 6.19. The highest BCUT2D eigenvalue weighted by atomic mass is 79.9. The van der Waals surface area contributed by atoms with Crippen molar-refractivity contribution in [2.75, 3.05) is 12.8 Å². The molecule has 2 nitrogen and oxygen atoms in total. The molecule has 0 spiro atoms. The number of halogens is 1. The molecule has 2 aromatic rings. The fourth-order valence-corrected chi connectivity index (χ4v) is 1.81. The minimum absolute atomic E-state index is 0.680. The minimum Gasteiger partial charge on any atom is -0.497 e. The Balaban J connectivity index is 2.27. The lowest BCUT2D eigenvalue weighted by Crippen LogP contribution is -1.89. The molecule has 0 unspecified atom stereocenters. The van der Waals surface area contributed by atoms with E-state index in [1.165, 1.54) is 0 Å². The van der Waals surface area contributed by atoms with Gasteiger partial charge in [-0.3, -0.25) is 0 Å². The number of anilines is 1. The Bertz CT molecular complexity index is 609. The van der Waals surface area contributed by atoms with E-state index < -0.39 is 0 Å². The molecule has 0 amide bonds. The summed E-state index contributed by atoms with van der Waals surface area (Å²) in [5.74, 6) is 6.96. The van der Waals surface area contributed by atoms with Crippen LogP contribution in [0.15, 0.2) is 46.9 Å². The van der Waals surface area contributed by atoms with Crippen molar-refractivity contribution in [1.82, 2.24) is 0 Å². The Labute approximate surface area is 115 Å². The van der Waals surface area contributed by atoms with E-state index in [0.717, 1.165) is 21.3 Å². The van der Waals surface area contributed by atoms with E-state index in [1.54, 1.807) is 7.11 Å². The monoisotopic (exact) mass is 301 g/mol. The third-order valence-electron chi connectivity index (χ3n) is 2.45. The quantitative estimate of drug-likeness (QED) is 0.647. The second-order valence-corrected chi connectivity index (χ2v) is 4.63. The zero-order valence-electron chi connectivity index (χ0n) is 9.91. The first kappa shape index (κ1) is 12.5. The summed E-state index contributed by atoms with van der Waals surface area (Å²) in [6.45, 7) is 0. The summed E-state index contributed by atoms with van der Waals surface area (Å²) in [6.07, 6.45) is 0. The maximum atomic E-state index is 5.86. The van der Waals surface area contributed by atoms with Crippen molar-refractivity contribution in [1.29, 1.82) is 0 Å². The van der Waals surface area contributed by atoms with E-state index in [4.69, 9.17) is 10.5 Å². The van der Waals surface area contributed by atoms with Crippen LogP contribution in [0.4, 0.5) is 5.69 Å². The molecule has 0 aromatic heterocycles. The molecule has 0 fully saturated rings. The van der Waals surface area contributed by atoms with E-state index in [9.17, 15) is 0 Å². The lowest BCUT2D eigenvalue weighted by molar-refractivity contribution is 0.415. The van der Waals surface area contributed by atoms with Gasteiger partial charge in [0.05, 0.1) is 7.11 Å². The van der Waals surface area contributed by atoms with Crippen LogP contribution < -0.4 is 10.5 Å². The van der Waals surface area contributed by atoms with Gasteiger partial charge in [0.1, 0.15) is 5.75 Å². The second-order valence-electron chi connectivity index (χ2n) is 3.71. The summed E-state index contributed by atoms with van der Waals surface area (Å²) >= 11 is 3.40. The fourth-order valence-electron chi connectivity index (χ4n) is 1.45. The van der Waals surface area contributed by atoms with Gasteiger partial charge in [0, 0.05) is 21.3 Å². The van der Waals surface area contributed by atoms with E-state index in [0.29, 0.717) is 5.69 Å². The van der Waals surface area contributed by atoms with E-state index >= 15 is 0 Å². The van der Waals surface area contributed by atoms with Crippen LogP contribution >= 0.6 is 15.9 Å². The minimum atomic E-state index is 0.680. The van der Waals surface area contributed by atoms with Crippen LogP contribution in [-0.4, -0.2) is 7.11 Å². The van der Waals surface area contributed by atoms with Crippen LogP contribution in [0.2, 0.25) is 0 Å². The Hall–Kier alpha value is -1.92. The van der Waals surface area contributed by atoms with E-state index in [1.807, 2.05) is 42.5 Å². The molecule has 0 aliphatic carbocycles. The van der Waals surface area contributed by atoms with Crippen LogP contribution in [0.1, 0.15) is 11.1 Å². The van der Waals surface area contributed by atoms with E-state index in [-0.39, 0.29) is 0 Å². The number of methoxy groups -OCH3 is 1. The molecule has 3 heteroatoms. The summed E-state index contributed by atoms with van der Waals surface area (Å²) in [4.78, 5) is 0. The lowest BCUT2D eigenvalue weighted by atomic mass is 10.1. The first-order chi connectivity index (χ1) is 8.69. The predicted molar refractivity (Wildman–Crippen MR) is 77.5 cm³/mol. The molecule has 0 heterocycles. The number of hydrogen-bond acceptors (Lipinski definition) is 2. The van der Waals surface area contributed by atoms with Crippen molar-refractivity contribution >= 4 is 21.6 Å². The third kappa shape index (κ3) is 3.06. The van der Waals surface area contributed by atoms with Crippen molar-refractivity contribution < 1.29 is 4.74 Å². The SMILES string of the molecule is COc1ccc(C#Cc2cc(Br)ccc2N)cc1. The molecule has 0 bridgehead atoms. The molecule has 0 saturated heterocycles. The number of nitrogen functional groups attached to an aromatic ring is 1. The lowest BCUT2D eigenvalue weighted by Gasteiger charge is -1.99. The van der Waals surface area contributed by atoms with Crippen LogP contribution in [0, 0.1) is 11.8 Å². The molecule has 2 rings (SSSR count).